The first kappa shape index (κ1) is 25.8. The Hall–Kier alpha value is -6.46. The third-order valence-electron chi connectivity index (χ3n) is 9.15. The number of hydrogen-bond acceptors (Lipinski definition) is 5. The molecule has 0 aliphatic rings. The highest BCUT2D eigenvalue weighted by molar-refractivity contribution is 6.16. The summed E-state index contributed by atoms with van der Waals surface area (Å²) in [6, 6.07) is 46.3. The van der Waals surface area contributed by atoms with Gasteiger partial charge in [0, 0.05) is 45.2 Å². The molecule has 3 aromatic heterocycles. The molecule has 0 atom stereocenters. The summed E-state index contributed by atoms with van der Waals surface area (Å²) in [5.41, 5.74) is 4.38. The minimum Gasteiger partial charge on any atom is -0.456 e. The molecule has 5 nitrogen and oxygen atoms in total. The van der Waals surface area contributed by atoms with E-state index >= 15 is 0 Å². The van der Waals surface area contributed by atoms with E-state index in [1.54, 1.807) is 0 Å². The summed E-state index contributed by atoms with van der Waals surface area (Å²) in [5, 5.41) is 11.0. The van der Waals surface area contributed by atoms with Gasteiger partial charge in [0.2, 0.25) is 0 Å². The second-order valence-electron chi connectivity index (χ2n) is 11.9. The SMILES string of the molecule is c1ccc2cc(-c3nc(-c4cc5ccccc5c5ccccc45)nc(-c4cccc5oc6cc7cnccc7cc6c45)n3)ccc2c1. The fraction of sp³-hybridized carbons (Fsp3) is 0. The van der Waals surface area contributed by atoms with Crippen LogP contribution in [-0.2, 0) is 0 Å². The van der Waals surface area contributed by atoms with E-state index in [1.807, 2.05) is 30.6 Å². The van der Waals surface area contributed by atoms with Crippen molar-refractivity contribution < 1.29 is 4.42 Å². The van der Waals surface area contributed by atoms with Crippen LogP contribution >= 0.6 is 0 Å². The van der Waals surface area contributed by atoms with Crippen molar-refractivity contribution in [2.75, 3.05) is 0 Å². The molecular formula is C42H24N4O. The van der Waals surface area contributed by atoms with E-state index in [1.165, 1.54) is 16.2 Å². The van der Waals surface area contributed by atoms with Crippen molar-refractivity contribution in [3.8, 4) is 34.2 Å². The normalized spacial score (nSPS) is 11.8. The third-order valence-corrected chi connectivity index (χ3v) is 9.15. The number of fused-ring (bicyclic) bond motifs is 8. The van der Waals surface area contributed by atoms with E-state index in [9.17, 15) is 0 Å². The van der Waals surface area contributed by atoms with Gasteiger partial charge in [-0.1, -0.05) is 97.1 Å². The highest BCUT2D eigenvalue weighted by Crippen LogP contribution is 2.39. The highest BCUT2D eigenvalue weighted by Gasteiger charge is 2.20. The third kappa shape index (κ3) is 4.10. The Morgan fingerprint density at radius 3 is 2.02 bits per heavy atom. The van der Waals surface area contributed by atoms with Crippen molar-refractivity contribution in [2.45, 2.75) is 0 Å². The lowest BCUT2D eigenvalue weighted by Gasteiger charge is -2.13. The summed E-state index contributed by atoms with van der Waals surface area (Å²) < 4.78 is 6.41. The Bertz CT molecular complexity index is 2870. The van der Waals surface area contributed by atoms with Crippen molar-refractivity contribution in [1.29, 1.82) is 0 Å². The Morgan fingerprint density at radius 2 is 1.13 bits per heavy atom. The zero-order valence-corrected chi connectivity index (χ0v) is 25.1. The maximum Gasteiger partial charge on any atom is 0.164 e. The first-order valence-electron chi connectivity index (χ1n) is 15.6. The van der Waals surface area contributed by atoms with Gasteiger partial charge < -0.3 is 4.42 Å². The summed E-state index contributed by atoms with van der Waals surface area (Å²) in [4.78, 5) is 19.9. The van der Waals surface area contributed by atoms with E-state index in [4.69, 9.17) is 19.4 Å². The number of rotatable bonds is 3. The fourth-order valence-corrected chi connectivity index (χ4v) is 6.91. The van der Waals surface area contributed by atoms with Gasteiger partial charge in [-0.25, -0.2) is 15.0 Å². The van der Waals surface area contributed by atoms with Crippen LogP contribution in [0.5, 0.6) is 0 Å². The number of benzene rings is 7. The molecule has 5 heteroatoms. The van der Waals surface area contributed by atoms with Gasteiger partial charge in [-0.05, 0) is 74.1 Å². The van der Waals surface area contributed by atoms with E-state index in [2.05, 4.69) is 120 Å². The fourth-order valence-electron chi connectivity index (χ4n) is 6.91. The molecule has 3 heterocycles. The highest BCUT2D eigenvalue weighted by atomic mass is 16.3. The van der Waals surface area contributed by atoms with Crippen molar-refractivity contribution in [2.24, 2.45) is 0 Å². The van der Waals surface area contributed by atoms with Crippen LogP contribution in [0.15, 0.2) is 150 Å². The minimum absolute atomic E-state index is 0.596. The molecule has 0 bridgehead atoms. The smallest absolute Gasteiger partial charge is 0.164 e. The van der Waals surface area contributed by atoms with Gasteiger partial charge in [0.1, 0.15) is 11.2 Å². The van der Waals surface area contributed by atoms with Gasteiger partial charge in [0.25, 0.3) is 0 Å². The Kier molecular flexibility index (Phi) is 5.51. The first-order valence-corrected chi connectivity index (χ1v) is 15.6. The van der Waals surface area contributed by atoms with Crippen LogP contribution < -0.4 is 0 Å². The lowest BCUT2D eigenvalue weighted by atomic mass is 9.96. The van der Waals surface area contributed by atoms with Crippen molar-refractivity contribution in [3.05, 3.63) is 146 Å². The first-order chi connectivity index (χ1) is 23.3. The lowest BCUT2D eigenvalue weighted by molar-refractivity contribution is 0.669. The topological polar surface area (TPSA) is 64.7 Å². The summed E-state index contributed by atoms with van der Waals surface area (Å²) in [7, 11) is 0. The van der Waals surface area contributed by atoms with E-state index in [-0.39, 0.29) is 0 Å². The largest absolute Gasteiger partial charge is 0.456 e. The molecule has 0 fully saturated rings. The average Bonchev–Trinajstić information content (AvgIpc) is 3.50. The van der Waals surface area contributed by atoms with Crippen molar-refractivity contribution in [1.82, 2.24) is 19.9 Å². The summed E-state index contributed by atoms with van der Waals surface area (Å²) in [5.74, 6) is 1.84. The summed E-state index contributed by atoms with van der Waals surface area (Å²) in [6.45, 7) is 0. The molecule has 0 aliphatic carbocycles. The van der Waals surface area contributed by atoms with Crippen LogP contribution in [0, 0.1) is 0 Å². The molecule has 10 rings (SSSR count). The number of pyridine rings is 1. The van der Waals surface area contributed by atoms with Gasteiger partial charge >= 0.3 is 0 Å². The number of hydrogen-bond donors (Lipinski definition) is 0. The van der Waals surface area contributed by atoms with Crippen LogP contribution in [0.25, 0.3) is 99.2 Å². The summed E-state index contributed by atoms with van der Waals surface area (Å²) in [6.07, 6.45) is 3.68. The van der Waals surface area contributed by atoms with Crippen LogP contribution in [-0.4, -0.2) is 19.9 Å². The number of furan rings is 1. The molecule has 0 radical (unpaired) electrons. The molecule has 0 amide bonds. The maximum atomic E-state index is 6.41. The maximum absolute atomic E-state index is 6.41. The zero-order valence-electron chi connectivity index (χ0n) is 25.1. The predicted octanol–water partition coefficient (Wildman–Crippen LogP) is 10.8. The van der Waals surface area contributed by atoms with Crippen molar-refractivity contribution in [3.63, 3.8) is 0 Å². The van der Waals surface area contributed by atoms with Crippen molar-refractivity contribution >= 4 is 65.0 Å². The number of aromatic nitrogens is 4. The molecule has 0 saturated carbocycles. The Morgan fingerprint density at radius 1 is 0.404 bits per heavy atom. The van der Waals surface area contributed by atoms with E-state index in [0.717, 1.165) is 65.6 Å². The standard InChI is InChI=1S/C42H24N4O/c1-2-9-26-20-29(17-16-25(26)8-1)40-44-41(34-14-7-15-37-39(34)36-21-27-18-19-43-24-30(27)23-38(36)47-37)46-42(45-40)35-22-28-10-3-4-11-31(28)32-12-5-6-13-33(32)35/h1-24H. The molecule has 7 aromatic carbocycles. The van der Waals surface area contributed by atoms with Crippen LogP contribution in [0.3, 0.4) is 0 Å². The van der Waals surface area contributed by atoms with Crippen LogP contribution in [0.2, 0.25) is 0 Å². The van der Waals surface area contributed by atoms with Gasteiger partial charge in [-0.15, -0.1) is 0 Å². The molecule has 0 saturated heterocycles. The molecule has 0 aliphatic heterocycles. The molecule has 0 unspecified atom stereocenters. The second kappa shape index (κ2) is 10.0. The molecular weight excluding hydrogens is 576 g/mol. The van der Waals surface area contributed by atoms with Crippen LogP contribution in [0.1, 0.15) is 0 Å². The predicted molar refractivity (Wildman–Crippen MR) is 191 cm³/mol. The average molecular weight is 601 g/mol. The Balaban J connectivity index is 1.29. The van der Waals surface area contributed by atoms with Gasteiger partial charge in [0.15, 0.2) is 17.5 Å². The number of nitrogens with zero attached hydrogens (tertiary/aromatic N) is 4. The molecule has 0 spiro atoms. The monoisotopic (exact) mass is 600 g/mol. The van der Waals surface area contributed by atoms with Gasteiger partial charge in [0.05, 0.1) is 0 Å². The molecule has 218 valence electrons. The van der Waals surface area contributed by atoms with E-state index in [0.29, 0.717) is 17.5 Å². The van der Waals surface area contributed by atoms with Gasteiger partial charge in [-0.2, -0.15) is 0 Å². The zero-order chi connectivity index (χ0) is 30.9. The minimum atomic E-state index is 0.596. The van der Waals surface area contributed by atoms with Gasteiger partial charge in [-0.3, -0.25) is 4.98 Å². The lowest BCUT2D eigenvalue weighted by Crippen LogP contribution is -2.01. The quantitative estimate of drug-likeness (QED) is 0.189. The molecule has 47 heavy (non-hydrogen) atoms. The van der Waals surface area contributed by atoms with E-state index < -0.39 is 0 Å². The summed E-state index contributed by atoms with van der Waals surface area (Å²) >= 11 is 0. The molecule has 10 aromatic rings. The Labute approximate surface area is 268 Å². The molecule has 0 N–H and O–H groups in total. The van der Waals surface area contributed by atoms with Crippen LogP contribution in [0.4, 0.5) is 0 Å². The second-order valence-corrected chi connectivity index (χ2v) is 11.9.